The van der Waals surface area contributed by atoms with Crippen molar-refractivity contribution in [3.05, 3.63) is 48.0 Å². The van der Waals surface area contributed by atoms with Gasteiger partial charge in [0.1, 0.15) is 0 Å². The first-order chi connectivity index (χ1) is 10.2. The first-order valence-electron chi connectivity index (χ1n) is 7.72. The van der Waals surface area contributed by atoms with Gasteiger partial charge < -0.3 is 11.1 Å². The van der Waals surface area contributed by atoms with E-state index in [-0.39, 0.29) is 24.4 Å². The van der Waals surface area contributed by atoms with Crippen LogP contribution in [0.1, 0.15) is 44.2 Å². The minimum Gasteiger partial charge on any atom is -0.348 e. The van der Waals surface area contributed by atoms with Crippen LogP contribution in [0.15, 0.2) is 42.5 Å². The van der Waals surface area contributed by atoms with Crippen molar-refractivity contribution in [2.45, 2.75) is 38.6 Å². The summed E-state index contributed by atoms with van der Waals surface area (Å²) in [6, 6.07) is 14.3. The van der Waals surface area contributed by atoms with Crippen LogP contribution in [0, 0.1) is 0 Å². The number of halogens is 1. The number of benzene rings is 2. The fourth-order valence-electron chi connectivity index (χ4n) is 2.50. The Morgan fingerprint density at radius 3 is 2.55 bits per heavy atom. The van der Waals surface area contributed by atoms with Crippen molar-refractivity contribution in [3.8, 4) is 0 Å². The van der Waals surface area contributed by atoms with Gasteiger partial charge in [0.2, 0.25) is 5.91 Å². The summed E-state index contributed by atoms with van der Waals surface area (Å²) in [7, 11) is 0. The number of unbranched alkanes of at least 4 members (excludes halogenated alkanes) is 2. The summed E-state index contributed by atoms with van der Waals surface area (Å²) >= 11 is 0. The van der Waals surface area contributed by atoms with Crippen molar-refractivity contribution in [1.29, 1.82) is 0 Å². The first-order valence-corrected chi connectivity index (χ1v) is 7.72. The average Bonchev–Trinajstić information content (AvgIpc) is 2.52. The van der Waals surface area contributed by atoms with Gasteiger partial charge >= 0.3 is 0 Å². The standard InChI is InChI=1S/C18H24N2O.ClH/c1-2-3-4-9-18(21)20-17(13-19)16-11-10-14-7-5-6-8-15(14)12-16;/h5-8,10-12,17H,2-4,9,13,19H2,1H3,(H,20,21);1H. The molecule has 0 bridgehead atoms. The van der Waals surface area contributed by atoms with E-state index in [1.807, 2.05) is 18.2 Å². The maximum atomic E-state index is 12.0. The van der Waals surface area contributed by atoms with Gasteiger partial charge in [-0.05, 0) is 28.8 Å². The topological polar surface area (TPSA) is 55.1 Å². The maximum Gasteiger partial charge on any atom is 0.220 e. The molecule has 0 saturated carbocycles. The Bertz CT molecular complexity index is 600. The predicted molar refractivity (Wildman–Crippen MR) is 95.3 cm³/mol. The monoisotopic (exact) mass is 320 g/mol. The molecule has 0 aliphatic rings. The molecule has 3 N–H and O–H groups in total. The van der Waals surface area contributed by atoms with Crippen LogP contribution in [0.4, 0.5) is 0 Å². The summed E-state index contributed by atoms with van der Waals surface area (Å²) in [4.78, 5) is 12.0. The quantitative estimate of drug-likeness (QED) is 0.759. The molecule has 2 rings (SSSR count). The number of hydrogen-bond donors (Lipinski definition) is 2. The third-order valence-corrected chi connectivity index (χ3v) is 3.75. The molecule has 2 aromatic rings. The van der Waals surface area contributed by atoms with Crippen LogP contribution < -0.4 is 11.1 Å². The summed E-state index contributed by atoms with van der Waals surface area (Å²) in [6.45, 7) is 2.55. The van der Waals surface area contributed by atoms with Gasteiger partial charge in [0.25, 0.3) is 0 Å². The third kappa shape index (κ3) is 5.00. The van der Waals surface area contributed by atoms with Gasteiger partial charge in [-0.3, -0.25) is 4.79 Å². The molecule has 1 amide bonds. The molecule has 22 heavy (non-hydrogen) atoms. The van der Waals surface area contributed by atoms with E-state index in [2.05, 4.69) is 36.5 Å². The molecule has 3 nitrogen and oxygen atoms in total. The van der Waals surface area contributed by atoms with Gasteiger partial charge in [-0.2, -0.15) is 0 Å². The fraction of sp³-hybridized carbons (Fsp3) is 0.389. The molecular weight excluding hydrogens is 296 g/mol. The molecule has 0 saturated heterocycles. The van der Waals surface area contributed by atoms with Gasteiger partial charge in [0.05, 0.1) is 6.04 Å². The highest BCUT2D eigenvalue weighted by Gasteiger charge is 2.13. The van der Waals surface area contributed by atoms with Gasteiger partial charge in [-0.15, -0.1) is 12.4 Å². The van der Waals surface area contributed by atoms with Crippen LogP contribution in [0.2, 0.25) is 0 Å². The Morgan fingerprint density at radius 2 is 1.86 bits per heavy atom. The Balaban J connectivity index is 0.00000242. The van der Waals surface area contributed by atoms with Crippen molar-refractivity contribution in [2.75, 3.05) is 6.54 Å². The normalized spacial score (nSPS) is 11.7. The van der Waals surface area contributed by atoms with Crippen molar-refractivity contribution in [3.63, 3.8) is 0 Å². The van der Waals surface area contributed by atoms with E-state index in [0.717, 1.165) is 24.8 Å². The number of hydrogen-bond acceptors (Lipinski definition) is 2. The Labute approximate surface area is 138 Å². The Hall–Kier alpha value is -1.58. The summed E-state index contributed by atoms with van der Waals surface area (Å²) in [5.41, 5.74) is 6.91. The number of rotatable bonds is 7. The molecule has 1 atom stereocenters. The average molecular weight is 321 g/mol. The number of carbonyl (C=O) groups excluding carboxylic acids is 1. The second kappa shape index (κ2) is 9.44. The van der Waals surface area contributed by atoms with E-state index in [4.69, 9.17) is 5.73 Å². The van der Waals surface area contributed by atoms with E-state index in [1.54, 1.807) is 0 Å². The second-order valence-electron chi connectivity index (χ2n) is 5.42. The largest absolute Gasteiger partial charge is 0.348 e. The van der Waals surface area contributed by atoms with Crippen LogP contribution in [-0.4, -0.2) is 12.5 Å². The minimum atomic E-state index is -0.108. The molecule has 2 aromatic carbocycles. The molecule has 0 aromatic heterocycles. The van der Waals surface area contributed by atoms with Crippen LogP contribution in [-0.2, 0) is 4.79 Å². The Kier molecular flexibility index (Phi) is 7.92. The van der Waals surface area contributed by atoms with Gasteiger partial charge in [-0.1, -0.05) is 56.2 Å². The molecule has 4 heteroatoms. The second-order valence-corrected chi connectivity index (χ2v) is 5.42. The van der Waals surface area contributed by atoms with Gasteiger partial charge in [0.15, 0.2) is 0 Å². The van der Waals surface area contributed by atoms with Crippen LogP contribution in [0.25, 0.3) is 10.8 Å². The van der Waals surface area contributed by atoms with Crippen molar-refractivity contribution in [1.82, 2.24) is 5.32 Å². The highest BCUT2D eigenvalue weighted by molar-refractivity contribution is 5.85. The minimum absolute atomic E-state index is 0. The fourth-order valence-corrected chi connectivity index (χ4v) is 2.50. The van der Waals surface area contributed by atoms with Crippen LogP contribution >= 0.6 is 12.4 Å². The summed E-state index contributed by atoms with van der Waals surface area (Å²) < 4.78 is 0. The van der Waals surface area contributed by atoms with E-state index in [0.29, 0.717) is 13.0 Å². The SMILES string of the molecule is CCCCCC(=O)NC(CN)c1ccc2ccccc2c1.Cl. The summed E-state index contributed by atoms with van der Waals surface area (Å²) in [6.07, 6.45) is 3.74. The number of nitrogens with two attached hydrogens (primary N) is 1. The molecule has 0 heterocycles. The third-order valence-electron chi connectivity index (χ3n) is 3.75. The van der Waals surface area contributed by atoms with Gasteiger partial charge in [-0.25, -0.2) is 0 Å². The van der Waals surface area contributed by atoms with E-state index in [1.165, 1.54) is 10.8 Å². The van der Waals surface area contributed by atoms with E-state index < -0.39 is 0 Å². The molecule has 1 unspecified atom stereocenters. The molecule has 0 aliphatic heterocycles. The highest BCUT2D eigenvalue weighted by Crippen LogP contribution is 2.20. The zero-order valence-corrected chi connectivity index (χ0v) is 13.9. The predicted octanol–water partition coefficient (Wildman–Crippen LogP) is 3.96. The first kappa shape index (κ1) is 18.5. The lowest BCUT2D eigenvalue weighted by Gasteiger charge is -2.18. The summed E-state index contributed by atoms with van der Waals surface area (Å²) in [5.74, 6) is 0.0899. The molecule has 0 radical (unpaired) electrons. The van der Waals surface area contributed by atoms with Crippen molar-refractivity contribution < 1.29 is 4.79 Å². The highest BCUT2D eigenvalue weighted by atomic mass is 35.5. The zero-order chi connectivity index (χ0) is 15.1. The van der Waals surface area contributed by atoms with Crippen molar-refractivity contribution in [2.24, 2.45) is 5.73 Å². The van der Waals surface area contributed by atoms with Crippen molar-refractivity contribution >= 4 is 29.1 Å². The molecule has 0 aliphatic carbocycles. The van der Waals surface area contributed by atoms with Crippen LogP contribution in [0.5, 0.6) is 0 Å². The number of nitrogens with one attached hydrogen (secondary N) is 1. The lowest BCUT2D eigenvalue weighted by Crippen LogP contribution is -2.33. The molecule has 0 spiro atoms. The summed E-state index contributed by atoms with van der Waals surface area (Å²) in [5, 5.41) is 5.42. The zero-order valence-electron chi connectivity index (χ0n) is 13.0. The molecule has 120 valence electrons. The number of fused-ring (bicyclic) bond motifs is 1. The lowest BCUT2D eigenvalue weighted by molar-refractivity contribution is -0.121. The molecule has 0 fully saturated rings. The van der Waals surface area contributed by atoms with E-state index >= 15 is 0 Å². The maximum absolute atomic E-state index is 12.0. The molecular formula is C18H25ClN2O. The number of carbonyl (C=O) groups is 1. The smallest absolute Gasteiger partial charge is 0.220 e. The van der Waals surface area contributed by atoms with E-state index in [9.17, 15) is 4.79 Å². The van der Waals surface area contributed by atoms with Gasteiger partial charge in [0, 0.05) is 13.0 Å². The number of amides is 1. The lowest BCUT2D eigenvalue weighted by atomic mass is 10.0. The Morgan fingerprint density at radius 1 is 1.14 bits per heavy atom. The van der Waals surface area contributed by atoms with Crippen LogP contribution in [0.3, 0.4) is 0 Å².